The van der Waals surface area contributed by atoms with Gasteiger partial charge in [0.05, 0.1) is 3.79 Å². The average Bonchev–Trinajstić information content (AvgIpc) is 2.64. The monoisotopic (exact) mass is 287 g/mol. The van der Waals surface area contributed by atoms with E-state index in [0.717, 1.165) is 18.5 Å². The third-order valence-electron chi connectivity index (χ3n) is 3.23. The minimum absolute atomic E-state index is 0.750. The molecule has 1 aliphatic carbocycles. The Kier molecular flexibility index (Phi) is 4.23. The summed E-state index contributed by atoms with van der Waals surface area (Å²) in [6.07, 6.45) is 5.49. The van der Waals surface area contributed by atoms with E-state index in [1.165, 1.54) is 35.0 Å². The van der Waals surface area contributed by atoms with Gasteiger partial charge in [-0.25, -0.2) is 0 Å². The molecule has 1 saturated carbocycles. The van der Waals surface area contributed by atoms with Gasteiger partial charge in [0, 0.05) is 12.6 Å². The standard InChI is InChI=1S/C12H18BrNS/c1-9-2-4-11(5-3-9)14-7-10-6-12(13)15-8-10/h6,8-9,11,14H,2-5,7H2,1H3. The minimum atomic E-state index is 0.750. The van der Waals surface area contributed by atoms with E-state index in [1.807, 2.05) is 0 Å². The van der Waals surface area contributed by atoms with Gasteiger partial charge in [-0.1, -0.05) is 6.92 Å². The molecule has 0 radical (unpaired) electrons. The molecule has 1 fully saturated rings. The van der Waals surface area contributed by atoms with Gasteiger partial charge in [-0.2, -0.15) is 0 Å². The molecule has 1 aliphatic rings. The van der Waals surface area contributed by atoms with E-state index in [4.69, 9.17) is 0 Å². The van der Waals surface area contributed by atoms with Gasteiger partial charge in [0.25, 0.3) is 0 Å². The third-order valence-corrected chi connectivity index (χ3v) is 4.79. The van der Waals surface area contributed by atoms with Crippen LogP contribution in [0.1, 0.15) is 38.2 Å². The molecule has 1 aromatic rings. The Hall–Kier alpha value is 0.140. The first-order valence-electron chi connectivity index (χ1n) is 5.70. The lowest BCUT2D eigenvalue weighted by Crippen LogP contribution is -2.32. The van der Waals surface area contributed by atoms with Crippen LogP contribution in [0, 0.1) is 5.92 Å². The van der Waals surface area contributed by atoms with E-state index in [0.29, 0.717) is 0 Å². The number of hydrogen-bond acceptors (Lipinski definition) is 2. The summed E-state index contributed by atoms with van der Waals surface area (Å²) in [5.41, 5.74) is 1.41. The highest BCUT2D eigenvalue weighted by molar-refractivity contribution is 9.11. The van der Waals surface area contributed by atoms with Crippen LogP contribution >= 0.6 is 27.3 Å². The van der Waals surface area contributed by atoms with Crippen LogP contribution in [0.25, 0.3) is 0 Å². The molecule has 0 atom stereocenters. The quantitative estimate of drug-likeness (QED) is 0.880. The molecule has 0 unspecified atom stereocenters. The second kappa shape index (κ2) is 5.46. The van der Waals surface area contributed by atoms with Crippen LogP contribution in [0.15, 0.2) is 15.2 Å². The van der Waals surface area contributed by atoms with Gasteiger partial charge in [-0.3, -0.25) is 0 Å². The van der Waals surface area contributed by atoms with Crippen molar-refractivity contribution in [3.8, 4) is 0 Å². The van der Waals surface area contributed by atoms with Crippen molar-refractivity contribution in [2.75, 3.05) is 0 Å². The maximum Gasteiger partial charge on any atom is 0.0701 e. The fourth-order valence-electron chi connectivity index (χ4n) is 2.16. The molecule has 1 N–H and O–H groups in total. The molecule has 0 bridgehead atoms. The summed E-state index contributed by atoms with van der Waals surface area (Å²) in [6.45, 7) is 3.40. The van der Waals surface area contributed by atoms with E-state index in [1.54, 1.807) is 11.3 Å². The lowest BCUT2D eigenvalue weighted by atomic mass is 9.87. The first-order chi connectivity index (χ1) is 7.24. The number of nitrogens with one attached hydrogen (secondary N) is 1. The van der Waals surface area contributed by atoms with Crippen molar-refractivity contribution in [1.29, 1.82) is 0 Å². The molecule has 84 valence electrons. The van der Waals surface area contributed by atoms with Gasteiger partial charge < -0.3 is 5.32 Å². The number of halogens is 1. The number of thiophene rings is 1. The van der Waals surface area contributed by atoms with E-state index in [-0.39, 0.29) is 0 Å². The van der Waals surface area contributed by atoms with Crippen molar-refractivity contribution >= 4 is 27.3 Å². The maximum atomic E-state index is 3.66. The first kappa shape index (κ1) is 11.6. The third kappa shape index (κ3) is 3.58. The van der Waals surface area contributed by atoms with Crippen LogP contribution in [0.4, 0.5) is 0 Å². The Morgan fingerprint density at radius 3 is 2.73 bits per heavy atom. The minimum Gasteiger partial charge on any atom is -0.310 e. The van der Waals surface area contributed by atoms with Crippen LogP contribution in [0.2, 0.25) is 0 Å². The molecular formula is C12H18BrNS. The van der Waals surface area contributed by atoms with Crippen molar-refractivity contribution < 1.29 is 0 Å². The molecule has 0 spiro atoms. The normalized spacial score (nSPS) is 26.8. The van der Waals surface area contributed by atoms with Gasteiger partial charge in [0.15, 0.2) is 0 Å². The van der Waals surface area contributed by atoms with Crippen LogP contribution in [0.3, 0.4) is 0 Å². The van der Waals surface area contributed by atoms with Crippen LogP contribution in [-0.2, 0) is 6.54 Å². The molecule has 1 heterocycles. The summed E-state index contributed by atoms with van der Waals surface area (Å²) in [5, 5.41) is 5.88. The highest BCUT2D eigenvalue weighted by Gasteiger charge is 2.17. The Bertz CT molecular complexity index is 302. The maximum absolute atomic E-state index is 3.66. The molecule has 3 heteroatoms. The van der Waals surface area contributed by atoms with Crippen molar-refractivity contribution in [2.24, 2.45) is 5.92 Å². The van der Waals surface area contributed by atoms with Crippen molar-refractivity contribution in [3.05, 3.63) is 20.8 Å². The van der Waals surface area contributed by atoms with Gasteiger partial charge >= 0.3 is 0 Å². The SMILES string of the molecule is CC1CCC(NCc2csc(Br)c2)CC1. The summed E-state index contributed by atoms with van der Waals surface area (Å²) in [5.74, 6) is 0.943. The molecule has 0 amide bonds. The Morgan fingerprint density at radius 1 is 1.40 bits per heavy atom. The zero-order valence-corrected chi connectivity index (χ0v) is 11.5. The topological polar surface area (TPSA) is 12.0 Å². The lowest BCUT2D eigenvalue weighted by Gasteiger charge is -2.26. The van der Waals surface area contributed by atoms with Gasteiger partial charge in [0.2, 0.25) is 0 Å². The van der Waals surface area contributed by atoms with Crippen molar-refractivity contribution in [3.63, 3.8) is 0 Å². The zero-order chi connectivity index (χ0) is 10.7. The molecular weight excluding hydrogens is 270 g/mol. The molecule has 1 nitrogen and oxygen atoms in total. The summed E-state index contributed by atoms with van der Waals surface area (Å²) >= 11 is 5.26. The second-order valence-electron chi connectivity index (χ2n) is 4.60. The molecule has 0 saturated heterocycles. The Balaban J connectivity index is 1.74. The molecule has 0 aliphatic heterocycles. The second-order valence-corrected chi connectivity index (χ2v) is 6.89. The highest BCUT2D eigenvalue weighted by Crippen LogP contribution is 2.24. The fraction of sp³-hybridized carbons (Fsp3) is 0.667. The van der Waals surface area contributed by atoms with E-state index in [9.17, 15) is 0 Å². The summed E-state index contributed by atoms with van der Waals surface area (Å²) in [7, 11) is 0. The van der Waals surface area contributed by atoms with E-state index >= 15 is 0 Å². The average molecular weight is 288 g/mol. The van der Waals surface area contributed by atoms with Crippen LogP contribution in [0.5, 0.6) is 0 Å². The molecule has 1 aromatic heterocycles. The fourth-order valence-corrected chi connectivity index (χ4v) is 3.37. The number of hydrogen-bond donors (Lipinski definition) is 1. The lowest BCUT2D eigenvalue weighted by molar-refractivity contribution is 0.306. The molecule has 15 heavy (non-hydrogen) atoms. The summed E-state index contributed by atoms with van der Waals surface area (Å²) in [6, 6.07) is 2.96. The van der Waals surface area contributed by atoms with Crippen molar-refractivity contribution in [1.82, 2.24) is 5.32 Å². The predicted octanol–water partition coefficient (Wildman–Crippen LogP) is 4.18. The number of rotatable bonds is 3. The van der Waals surface area contributed by atoms with E-state index < -0.39 is 0 Å². The highest BCUT2D eigenvalue weighted by atomic mass is 79.9. The first-order valence-corrected chi connectivity index (χ1v) is 7.37. The van der Waals surface area contributed by atoms with Gasteiger partial charge in [0.1, 0.15) is 0 Å². The van der Waals surface area contributed by atoms with Crippen LogP contribution in [-0.4, -0.2) is 6.04 Å². The molecule has 2 rings (SSSR count). The van der Waals surface area contributed by atoms with Gasteiger partial charge in [-0.05, 0) is 64.5 Å². The van der Waals surface area contributed by atoms with Crippen molar-refractivity contribution in [2.45, 2.75) is 45.2 Å². The van der Waals surface area contributed by atoms with Gasteiger partial charge in [-0.15, -0.1) is 11.3 Å². The summed E-state index contributed by atoms with van der Waals surface area (Å²) in [4.78, 5) is 0. The Morgan fingerprint density at radius 2 is 2.13 bits per heavy atom. The smallest absolute Gasteiger partial charge is 0.0701 e. The Labute approximate surface area is 104 Å². The van der Waals surface area contributed by atoms with Crippen LogP contribution < -0.4 is 5.32 Å². The van der Waals surface area contributed by atoms with E-state index in [2.05, 4.69) is 39.6 Å². The zero-order valence-electron chi connectivity index (χ0n) is 9.13. The largest absolute Gasteiger partial charge is 0.310 e. The molecule has 0 aromatic carbocycles. The predicted molar refractivity (Wildman–Crippen MR) is 70.3 cm³/mol. The summed E-state index contributed by atoms with van der Waals surface area (Å²) < 4.78 is 1.23.